The molecule has 0 radical (unpaired) electrons. The van der Waals surface area contributed by atoms with Gasteiger partial charge in [0, 0.05) is 24.5 Å². The molecule has 3 saturated heterocycles. The zero-order valence-corrected chi connectivity index (χ0v) is 17.9. The van der Waals surface area contributed by atoms with Crippen LogP contribution in [-0.2, 0) is 11.2 Å². The molecular weight excluding hydrogens is 388 g/mol. The fraction of sp³-hybridized carbons (Fsp3) is 0.560. The van der Waals surface area contributed by atoms with E-state index in [1.165, 1.54) is 37.8 Å². The van der Waals surface area contributed by atoms with Gasteiger partial charge in [-0.1, -0.05) is 36.3 Å². The SMILES string of the molecule is O=C(Cc1n[nH]c(=O)c2ccccc12)N1CCCC2=CC3CC(CN4CCCCC34)C21. The highest BCUT2D eigenvalue weighted by atomic mass is 16.2. The van der Waals surface area contributed by atoms with Crippen molar-refractivity contribution in [2.75, 3.05) is 19.6 Å². The van der Waals surface area contributed by atoms with Gasteiger partial charge in [0.05, 0.1) is 23.5 Å². The summed E-state index contributed by atoms with van der Waals surface area (Å²) in [5, 5.41) is 8.22. The average molecular weight is 419 g/mol. The second kappa shape index (κ2) is 7.59. The van der Waals surface area contributed by atoms with Crippen LogP contribution < -0.4 is 5.56 Å². The number of rotatable bonds is 2. The van der Waals surface area contributed by atoms with Crippen LogP contribution in [0.5, 0.6) is 0 Å². The highest BCUT2D eigenvalue weighted by Crippen LogP contribution is 2.45. The molecule has 1 N–H and O–H groups in total. The third-order valence-corrected chi connectivity index (χ3v) is 8.07. The first kappa shape index (κ1) is 19.2. The van der Waals surface area contributed by atoms with Crippen LogP contribution in [0.1, 0.15) is 44.2 Å². The van der Waals surface area contributed by atoms with E-state index in [9.17, 15) is 9.59 Å². The average Bonchev–Trinajstić information content (AvgIpc) is 2.81. The van der Waals surface area contributed by atoms with Gasteiger partial charge in [0.25, 0.3) is 5.56 Å². The molecule has 6 nitrogen and oxygen atoms in total. The lowest BCUT2D eigenvalue weighted by molar-refractivity contribution is -0.135. The number of carbonyl (C=O) groups is 1. The molecule has 3 aliphatic heterocycles. The van der Waals surface area contributed by atoms with E-state index in [0.717, 1.165) is 37.4 Å². The Labute approximate surface area is 182 Å². The summed E-state index contributed by atoms with van der Waals surface area (Å²) in [4.78, 5) is 30.5. The zero-order valence-electron chi connectivity index (χ0n) is 17.9. The second-order valence-electron chi connectivity index (χ2n) is 9.82. The first-order chi connectivity index (χ1) is 15.2. The van der Waals surface area contributed by atoms with Gasteiger partial charge in [-0.3, -0.25) is 14.5 Å². The normalized spacial score (nSPS) is 30.5. The number of fused-ring (bicyclic) bond motifs is 7. The molecule has 3 fully saturated rings. The van der Waals surface area contributed by atoms with Crippen molar-refractivity contribution >= 4 is 16.7 Å². The van der Waals surface area contributed by atoms with Crippen molar-refractivity contribution in [2.24, 2.45) is 11.8 Å². The predicted molar refractivity (Wildman–Crippen MR) is 120 cm³/mol. The van der Waals surface area contributed by atoms with Crippen molar-refractivity contribution in [1.29, 1.82) is 0 Å². The number of benzene rings is 1. The van der Waals surface area contributed by atoms with Crippen molar-refractivity contribution in [3.05, 3.63) is 52.0 Å². The number of H-pyrrole nitrogens is 1. The minimum Gasteiger partial charge on any atom is -0.335 e. The van der Waals surface area contributed by atoms with Crippen molar-refractivity contribution < 1.29 is 4.79 Å². The van der Waals surface area contributed by atoms with Crippen LogP contribution in [0.2, 0.25) is 0 Å². The summed E-state index contributed by atoms with van der Waals surface area (Å²) in [5.74, 6) is 1.36. The highest BCUT2D eigenvalue weighted by Gasteiger charge is 2.46. The predicted octanol–water partition coefficient (Wildman–Crippen LogP) is 2.89. The molecule has 162 valence electrons. The van der Waals surface area contributed by atoms with E-state index in [0.29, 0.717) is 22.9 Å². The van der Waals surface area contributed by atoms with E-state index >= 15 is 0 Å². The second-order valence-corrected chi connectivity index (χ2v) is 9.82. The van der Waals surface area contributed by atoms with Crippen LogP contribution in [0.4, 0.5) is 0 Å². The molecule has 4 heterocycles. The molecule has 0 saturated carbocycles. The number of hydrogen-bond acceptors (Lipinski definition) is 4. The lowest BCUT2D eigenvalue weighted by Crippen LogP contribution is -2.60. The Bertz CT molecular complexity index is 1110. The van der Waals surface area contributed by atoms with Gasteiger partial charge < -0.3 is 4.90 Å². The molecule has 4 atom stereocenters. The van der Waals surface area contributed by atoms with Crippen molar-refractivity contribution in [3.63, 3.8) is 0 Å². The summed E-state index contributed by atoms with van der Waals surface area (Å²) in [6, 6.07) is 8.40. The number of amides is 1. The molecule has 2 bridgehead atoms. The number of nitrogens with zero attached hydrogens (tertiary/aromatic N) is 3. The minimum absolute atomic E-state index is 0.138. The van der Waals surface area contributed by atoms with Gasteiger partial charge in [-0.25, -0.2) is 5.10 Å². The molecule has 31 heavy (non-hydrogen) atoms. The number of likely N-dealkylation sites (tertiary alicyclic amines) is 1. The molecule has 0 spiro atoms. The number of aromatic nitrogens is 2. The van der Waals surface area contributed by atoms with Crippen molar-refractivity contribution in [2.45, 2.75) is 57.0 Å². The number of nitrogens with one attached hydrogen (secondary N) is 1. The van der Waals surface area contributed by atoms with Crippen LogP contribution >= 0.6 is 0 Å². The molecule has 6 heteroatoms. The lowest BCUT2D eigenvalue weighted by atomic mass is 9.68. The van der Waals surface area contributed by atoms with Gasteiger partial charge in [-0.05, 0) is 56.6 Å². The molecule has 6 rings (SSSR count). The van der Waals surface area contributed by atoms with Crippen LogP contribution in [-0.4, -0.2) is 57.6 Å². The first-order valence-electron chi connectivity index (χ1n) is 11.9. The Kier molecular flexibility index (Phi) is 4.71. The van der Waals surface area contributed by atoms with Gasteiger partial charge in [0.1, 0.15) is 0 Å². The maximum Gasteiger partial charge on any atom is 0.272 e. The van der Waals surface area contributed by atoms with Crippen LogP contribution in [0.3, 0.4) is 0 Å². The van der Waals surface area contributed by atoms with E-state index < -0.39 is 0 Å². The van der Waals surface area contributed by atoms with Gasteiger partial charge in [-0.15, -0.1) is 0 Å². The summed E-state index contributed by atoms with van der Waals surface area (Å²) < 4.78 is 0. The Morgan fingerprint density at radius 1 is 1.13 bits per heavy atom. The summed E-state index contributed by atoms with van der Waals surface area (Å²) in [7, 11) is 0. The lowest BCUT2D eigenvalue weighted by Gasteiger charge is -2.54. The Balaban J connectivity index is 1.29. The standard InChI is InChI=1S/C25H30N4O2/c30-23(14-21-19-7-1-2-8-20(19)25(31)27-26-21)29-11-5-6-16-12-17-13-18(24(16)29)15-28-10-4-3-9-22(17)28/h1-2,7-8,12,17-18,22,24H,3-6,9-11,13-15H2,(H,27,31). The fourth-order valence-electron chi connectivity index (χ4n) is 6.80. The van der Waals surface area contributed by atoms with Gasteiger partial charge >= 0.3 is 0 Å². The maximum absolute atomic E-state index is 13.5. The number of carbonyl (C=O) groups excluding carboxylic acids is 1. The van der Waals surface area contributed by atoms with E-state index in [1.54, 1.807) is 6.07 Å². The fourth-order valence-corrected chi connectivity index (χ4v) is 6.80. The molecule has 1 aliphatic carbocycles. The monoisotopic (exact) mass is 418 g/mol. The molecule has 1 aromatic heterocycles. The topological polar surface area (TPSA) is 69.3 Å². The molecule has 2 aromatic rings. The third-order valence-electron chi connectivity index (χ3n) is 8.07. The summed E-state index contributed by atoms with van der Waals surface area (Å²) in [6.07, 6.45) is 10.2. The number of aromatic amines is 1. The molecular formula is C25H30N4O2. The Morgan fingerprint density at radius 3 is 2.90 bits per heavy atom. The van der Waals surface area contributed by atoms with Crippen molar-refractivity contribution in [3.8, 4) is 0 Å². The van der Waals surface area contributed by atoms with Gasteiger partial charge in [0.2, 0.25) is 5.91 Å². The van der Waals surface area contributed by atoms with E-state index in [1.807, 2.05) is 18.2 Å². The first-order valence-corrected chi connectivity index (χ1v) is 11.9. The van der Waals surface area contributed by atoms with E-state index in [-0.39, 0.29) is 23.9 Å². The van der Waals surface area contributed by atoms with Crippen LogP contribution in [0.25, 0.3) is 10.8 Å². The third kappa shape index (κ3) is 3.23. The van der Waals surface area contributed by atoms with E-state index in [2.05, 4.69) is 26.1 Å². The summed E-state index contributed by atoms with van der Waals surface area (Å²) >= 11 is 0. The quantitative estimate of drug-likeness (QED) is 0.762. The van der Waals surface area contributed by atoms with Crippen LogP contribution in [0, 0.1) is 11.8 Å². The smallest absolute Gasteiger partial charge is 0.272 e. The number of hydrogen-bond donors (Lipinski definition) is 1. The molecule has 4 aliphatic rings. The van der Waals surface area contributed by atoms with Crippen molar-refractivity contribution in [1.82, 2.24) is 20.0 Å². The van der Waals surface area contributed by atoms with E-state index in [4.69, 9.17) is 0 Å². The largest absolute Gasteiger partial charge is 0.335 e. The Hall–Kier alpha value is -2.47. The summed E-state index contributed by atoms with van der Waals surface area (Å²) in [6.45, 7) is 3.17. The minimum atomic E-state index is -0.202. The number of piperidine rings is 3. The maximum atomic E-state index is 13.5. The molecule has 1 amide bonds. The van der Waals surface area contributed by atoms with Gasteiger partial charge in [-0.2, -0.15) is 5.10 Å². The summed E-state index contributed by atoms with van der Waals surface area (Å²) in [5.41, 5.74) is 1.97. The molecule has 1 aromatic carbocycles. The Morgan fingerprint density at radius 2 is 2.00 bits per heavy atom. The highest BCUT2D eigenvalue weighted by molar-refractivity contribution is 5.88. The molecule has 4 unspecified atom stereocenters. The zero-order chi connectivity index (χ0) is 20.9. The van der Waals surface area contributed by atoms with Gasteiger partial charge in [0.15, 0.2) is 0 Å². The van der Waals surface area contributed by atoms with Crippen LogP contribution in [0.15, 0.2) is 40.7 Å².